The van der Waals surface area contributed by atoms with Gasteiger partial charge in [-0.15, -0.1) is 0 Å². The molecule has 0 heterocycles. The maximum Gasteiger partial charge on any atom is 0.262 e. The number of sulfonamides is 1. The highest BCUT2D eigenvalue weighted by Crippen LogP contribution is 2.19. The van der Waals surface area contributed by atoms with Gasteiger partial charge in [0.15, 0.2) is 6.61 Å². The highest BCUT2D eigenvalue weighted by atomic mass is 32.2. The van der Waals surface area contributed by atoms with Crippen LogP contribution in [0.1, 0.15) is 5.56 Å². The van der Waals surface area contributed by atoms with Crippen LogP contribution in [0.2, 0.25) is 0 Å². The fourth-order valence-electron chi connectivity index (χ4n) is 1.86. The van der Waals surface area contributed by atoms with E-state index in [1.807, 2.05) is 0 Å². The van der Waals surface area contributed by atoms with Crippen molar-refractivity contribution in [3.05, 3.63) is 53.8 Å². The summed E-state index contributed by atoms with van der Waals surface area (Å²) < 4.78 is 40.8. The Labute approximate surface area is 133 Å². The number of primary sulfonamides is 1. The standard InChI is InChI=1S/C15H15FN2O4S/c1-10-2-5-12(8-14(10)23(17,20)21)18-15(19)9-22-13-6-3-11(16)4-7-13/h2-8H,9H2,1H3,(H,18,19)(H2,17,20,21). The van der Waals surface area contributed by atoms with Gasteiger partial charge in [0.2, 0.25) is 10.0 Å². The molecule has 2 rings (SSSR count). The molecule has 2 aromatic carbocycles. The third-order valence-corrected chi connectivity index (χ3v) is 4.01. The van der Waals surface area contributed by atoms with E-state index in [9.17, 15) is 17.6 Å². The van der Waals surface area contributed by atoms with Crippen LogP contribution in [0.15, 0.2) is 47.4 Å². The zero-order valence-corrected chi connectivity index (χ0v) is 13.1. The van der Waals surface area contributed by atoms with Crippen molar-refractivity contribution in [2.45, 2.75) is 11.8 Å². The highest BCUT2D eigenvalue weighted by Gasteiger charge is 2.13. The molecule has 2 aromatic rings. The van der Waals surface area contributed by atoms with Crippen molar-refractivity contribution in [1.29, 1.82) is 0 Å². The van der Waals surface area contributed by atoms with Crippen LogP contribution in [0.25, 0.3) is 0 Å². The summed E-state index contributed by atoms with van der Waals surface area (Å²) in [4.78, 5) is 11.7. The van der Waals surface area contributed by atoms with Crippen LogP contribution in [0.4, 0.5) is 10.1 Å². The summed E-state index contributed by atoms with van der Waals surface area (Å²) in [5.74, 6) is -0.550. The molecule has 0 aliphatic carbocycles. The first-order chi connectivity index (χ1) is 10.8. The van der Waals surface area contributed by atoms with E-state index in [2.05, 4.69) is 5.32 Å². The average molecular weight is 338 g/mol. The number of aryl methyl sites for hydroxylation is 1. The first-order valence-electron chi connectivity index (χ1n) is 6.57. The van der Waals surface area contributed by atoms with Gasteiger partial charge in [-0.25, -0.2) is 17.9 Å². The number of anilines is 1. The lowest BCUT2D eigenvalue weighted by Gasteiger charge is -2.10. The molecule has 0 spiro atoms. The fourth-order valence-corrected chi connectivity index (χ4v) is 2.67. The van der Waals surface area contributed by atoms with Crippen molar-refractivity contribution in [3.8, 4) is 5.75 Å². The van der Waals surface area contributed by atoms with Crippen LogP contribution < -0.4 is 15.2 Å². The number of hydrogen-bond acceptors (Lipinski definition) is 4. The Morgan fingerprint density at radius 2 is 1.87 bits per heavy atom. The third-order valence-electron chi connectivity index (χ3n) is 2.96. The quantitative estimate of drug-likeness (QED) is 0.868. The Bertz CT molecular complexity index is 820. The van der Waals surface area contributed by atoms with Gasteiger partial charge < -0.3 is 10.1 Å². The number of benzene rings is 2. The smallest absolute Gasteiger partial charge is 0.262 e. The van der Waals surface area contributed by atoms with E-state index in [4.69, 9.17) is 9.88 Å². The first-order valence-corrected chi connectivity index (χ1v) is 8.12. The molecule has 0 aliphatic rings. The lowest BCUT2D eigenvalue weighted by Crippen LogP contribution is -2.21. The summed E-state index contributed by atoms with van der Waals surface area (Å²) in [5.41, 5.74) is 0.764. The molecule has 122 valence electrons. The summed E-state index contributed by atoms with van der Waals surface area (Å²) in [6.45, 7) is 1.30. The van der Waals surface area contributed by atoms with E-state index in [1.165, 1.54) is 36.4 Å². The topological polar surface area (TPSA) is 98.5 Å². The minimum atomic E-state index is -3.87. The van der Waals surface area contributed by atoms with E-state index in [-0.39, 0.29) is 17.2 Å². The SMILES string of the molecule is Cc1ccc(NC(=O)COc2ccc(F)cc2)cc1S(N)(=O)=O. The summed E-state index contributed by atoms with van der Waals surface area (Å²) in [7, 11) is -3.87. The molecule has 8 heteroatoms. The number of hydrogen-bond donors (Lipinski definition) is 2. The molecular weight excluding hydrogens is 323 g/mol. The second-order valence-corrected chi connectivity index (χ2v) is 6.35. The maximum absolute atomic E-state index is 12.7. The van der Waals surface area contributed by atoms with Gasteiger partial charge in [0, 0.05) is 5.69 Å². The van der Waals surface area contributed by atoms with Gasteiger partial charge in [0.1, 0.15) is 11.6 Å². The number of halogens is 1. The lowest BCUT2D eigenvalue weighted by molar-refractivity contribution is -0.118. The second kappa shape index (κ2) is 6.76. The predicted octanol–water partition coefficient (Wildman–Crippen LogP) is 1.80. The van der Waals surface area contributed by atoms with Gasteiger partial charge in [0.05, 0.1) is 4.90 Å². The van der Waals surface area contributed by atoms with Gasteiger partial charge in [0.25, 0.3) is 5.91 Å². The lowest BCUT2D eigenvalue weighted by atomic mass is 10.2. The van der Waals surface area contributed by atoms with E-state index < -0.39 is 21.7 Å². The molecule has 0 bridgehead atoms. The van der Waals surface area contributed by atoms with Crippen LogP contribution in [0.3, 0.4) is 0 Å². The number of carbonyl (C=O) groups is 1. The van der Waals surface area contributed by atoms with Crippen LogP contribution in [0, 0.1) is 12.7 Å². The Balaban J connectivity index is 2.01. The van der Waals surface area contributed by atoms with E-state index in [0.29, 0.717) is 11.3 Å². The van der Waals surface area contributed by atoms with Crippen molar-refractivity contribution in [3.63, 3.8) is 0 Å². The molecular formula is C15H15FN2O4S. The normalized spacial score (nSPS) is 11.1. The largest absolute Gasteiger partial charge is 0.484 e. The molecule has 0 saturated heterocycles. The van der Waals surface area contributed by atoms with Gasteiger partial charge in [-0.3, -0.25) is 4.79 Å². The number of carbonyl (C=O) groups excluding carboxylic acids is 1. The fraction of sp³-hybridized carbons (Fsp3) is 0.133. The van der Waals surface area contributed by atoms with Crippen molar-refractivity contribution in [2.24, 2.45) is 5.14 Å². The third kappa shape index (κ3) is 4.76. The second-order valence-electron chi connectivity index (χ2n) is 4.82. The van der Waals surface area contributed by atoms with Crippen molar-refractivity contribution >= 4 is 21.6 Å². The Morgan fingerprint density at radius 3 is 2.48 bits per heavy atom. The molecule has 1 amide bonds. The van der Waals surface area contributed by atoms with Gasteiger partial charge in [-0.05, 0) is 48.9 Å². The van der Waals surface area contributed by atoms with Crippen LogP contribution >= 0.6 is 0 Å². The number of nitrogens with two attached hydrogens (primary N) is 1. The highest BCUT2D eigenvalue weighted by molar-refractivity contribution is 7.89. The molecule has 0 fully saturated rings. The predicted molar refractivity (Wildman–Crippen MR) is 83.1 cm³/mol. The van der Waals surface area contributed by atoms with Crippen molar-refractivity contribution < 1.29 is 22.3 Å². The van der Waals surface area contributed by atoms with E-state index in [0.717, 1.165) is 0 Å². The molecule has 3 N–H and O–H groups in total. The number of amides is 1. The minimum Gasteiger partial charge on any atom is -0.484 e. The zero-order valence-electron chi connectivity index (χ0n) is 12.2. The monoisotopic (exact) mass is 338 g/mol. The maximum atomic E-state index is 12.7. The van der Waals surface area contributed by atoms with E-state index in [1.54, 1.807) is 13.0 Å². The summed E-state index contributed by atoms with van der Waals surface area (Å²) in [6, 6.07) is 9.59. The summed E-state index contributed by atoms with van der Waals surface area (Å²) in [6.07, 6.45) is 0. The molecule has 6 nitrogen and oxygen atoms in total. The van der Waals surface area contributed by atoms with Gasteiger partial charge in [-0.2, -0.15) is 0 Å². The Hall–Kier alpha value is -2.45. The van der Waals surface area contributed by atoms with Crippen LogP contribution in [-0.4, -0.2) is 20.9 Å². The van der Waals surface area contributed by atoms with Crippen molar-refractivity contribution in [2.75, 3.05) is 11.9 Å². The molecule has 0 radical (unpaired) electrons. The zero-order chi connectivity index (χ0) is 17.0. The Kier molecular flexibility index (Phi) is 4.97. The number of ether oxygens (including phenoxy) is 1. The summed E-state index contributed by atoms with van der Waals surface area (Å²) >= 11 is 0. The first kappa shape index (κ1) is 16.9. The summed E-state index contributed by atoms with van der Waals surface area (Å²) in [5, 5.41) is 7.61. The van der Waals surface area contributed by atoms with Crippen LogP contribution in [0.5, 0.6) is 5.75 Å². The van der Waals surface area contributed by atoms with Crippen molar-refractivity contribution in [1.82, 2.24) is 0 Å². The molecule has 0 aromatic heterocycles. The molecule has 0 saturated carbocycles. The molecule has 0 aliphatic heterocycles. The number of rotatable bonds is 5. The van der Waals surface area contributed by atoms with E-state index >= 15 is 0 Å². The minimum absolute atomic E-state index is 0.0604. The molecule has 23 heavy (non-hydrogen) atoms. The average Bonchev–Trinajstić information content (AvgIpc) is 2.47. The number of nitrogens with one attached hydrogen (secondary N) is 1. The van der Waals surface area contributed by atoms with Gasteiger partial charge in [-0.1, -0.05) is 6.07 Å². The molecule has 0 unspecified atom stereocenters. The van der Waals surface area contributed by atoms with Gasteiger partial charge >= 0.3 is 0 Å². The van der Waals surface area contributed by atoms with Crippen LogP contribution in [-0.2, 0) is 14.8 Å². The Morgan fingerprint density at radius 1 is 1.22 bits per heavy atom. The molecule has 0 atom stereocenters.